The molecular weight excluding hydrogens is 228 g/mol. The van der Waals surface area contributed by atoms with E-state index in [4.69, 9.17) is 11.5 Å². The van der Waals surface area contributed by atoms with Crippen LogP contribution in [-0.4, -0.2) is 16.9 Å². The molecule has 5 N–H and O–H groups in total. The summed E-state index contributed by atoms with van der Waals surface area (Å²) in [7, 11) is 0. The van der Waals surface area contributed by atoms with Gasteiger partial charge in [0.1, 0.15) is 11.5 Å². The molecule has 1 aromatic rings. The van der Waals surface area contributed by atoms with Crippen LogP contribution in [0.5, 0.6) is 0 Å². The van der Waals surface area contributed by atoms with Crippen LogP contribution < -0.4 is 16.8 Å². The van der Waals surface area contributed by atoms with Gasteiger partial charge in [-0.25, -0.2) is 4.98 Å². The van der Waals surface area contributed by atoms with Gasteiger partial charge in [0.05, 0.1) is 5.69 Å². The number of primary amides is 1. The van der Waals surface area contributed by atoms with E-state index in [-0.39, 0.29) is 5.69 Å². The van der Waals surface area contributed by atoms with Crippen LogP contribution in [0.2, 0.25) is 0 Å². The zero-order valence-electron chi connectivity index (χ0n) is 10.8. The zero-order valence-corrected chi connectivity index (χ0v) is 10.8. The van der Waals surface area contributed by atoms with Crippen molar-refractivity contribution in [3.8, 4) is 0 Å². The Morgan fingerprint density at radius 2 is 2.11 bits per heavy atom. The Morgan fingerprint density at radius 3 is 2.67 bits per heavy atom. The highest BCUT2D eigenvalue weighted by molar-refractivity contribution is 5.91. The number of aromatic nitrogens is 1. The first-order valence-electron chi connectivity index (χ1n) is 6.32. The average Bonchev–Trinajstić information content (AvgIpc) is 2.63. The molecule has 0 saturated heterocycles. The molecule has 1 amide bonds. The molecule has 18 heavy (non-hydrogen) atoms. The lowest BCUT2D eigenvalue weighted by molar-refractivity contribution is 0.0995. The van der Waals surface area contributed by atoms with Crippen LogP contribution >= 0.6 is 0 Å². The van der Waals surface area contributed by atoms with E-state index in [2.05, 4.69) is 24.1 Å². The van der Waals surface area contributed by atoms with Crippen LogP contribution in [0.15, 0.2) is 12.1 Å². The van der Waals surface area contributed by atoms with Crippen molar-refractivity contribution < 1.29 is 4.79 Å². The summed E-state index contributed by atoms with van der Waals surface area (Å²) in [6, 6.07) is 3.57. The Bertz CT molecular complexity index is 460. The minimum absolute atomic E-state index is 0.241. The zero-order chi connectivity index (χ0) is 13.3. The number of nitrogens with zero attached hydrogens (tertiary/aromatic N) is 1. The summed E-state index contributed by atoms with van der Waals surface area (Å²) < 4.78 is 0. The number of nitrogens with one attached hydrogen (secondary N) is 1. The lowest BCUT2D eigenvalue weighted by atomic mass is 9.98. The summed E-state index contributed by atoms with van der Waals surface area (Å²) in [5.41, 5.74) is 11.9. The van der Waals surface area contributed by atoms with Crippen molar-refractivity contribution in [3.63, 3.8) is 0 Å². The second-order valence-electron chi connectivity index (χ2n) is 5.16. The normalized spacial score (nSPS) is 27.1. The lowest BCUT2D eigenvalue weighted by Crippen LogP contribution is -2.26. The molecule has 1 saturated carbocycles. The van der Waals surface area contributed by atoms with Crippen molar-refractivity contribution in [3.05, 3.63) is 17.8 Å². The monoisotopic (exact) mass is 248 g/mol. The topological polar surface area (TPSA) is 94.0 Å². The smallest absolute Gasteiger partial charge is 0.267 e. The largest absolute Gasteiger partial charge is 0.396 e. The number of amides is 1. The summed E-state index contributed by atoms with van der Waals surface area (Å²) >= 11 is 0. The van der Waals surface area contributed by atoms with E-state index in [9.17, 15) is 4.79 Å². The van der Waals surface area contributed by atoms with Gasteiger partial charge in [-0.1, -0.05) is 13.8 Å². The van der Waals surface area contributed by atoms with Gasteiger partial charge in [-0.3, -0.25) is 4.79 Å². The second kappa shape index (κ2) is 4.84. The number of anilines is 2. The molecule has 1 aromatic heterocycles. The van der Waals surface area contributed by atoms with E-state index in [1.54, 1.807) is 12.1 Å². The standard InChI is InChI=1S/C13H20N4O/c1-7-3-5-10(8(7)2)16-13-9(14)4-6-11(17-13)12(15)18/h4,6-8,10H,3,5,14H2,1-2H3,(H2,15,18)(H,16,17). The molecule has 0 bridgehead atoms. The summed E-state index contributed by atoms with van der Waals surface area (Å²) in [5.74, 6) is 1.30. The Labute approximate surface area is 107 Å². The Balaban J connectivity index is 2.18. The summed E-state index contributed by atoms with van der Waals surface area (Å²) in [5, 5.41) is 3.34. The van der Waals surface area contributed by atoms with Gasteiger partial charge >= 0.3 is 0 Å². The van der Waals surface area contributed by atoms with Crippen LogP contribution in [-0.2, 0) is 0 Å². The quantitative estimate of drug-likeness (QED) is 0.757. The number of carbonyl (C=O) groups is 1. The van der Waals surface area contributed by atoms with Gasteiger partial charge in [-0.15, -0.1) is 0 Å². The Morgan fingerprint density at radius 1 is 1.39 bits per heavy atom. The Hall–Kier alpha value is -1.78. The van der Waals surface area contributed by atoms with Crippen molar-refractivity contribution in [2.45, 2.75) is 32.7 Å². The summed E-state index contributed by atoms with van der Waals surface area (Å²) in [6.45, 7) is 4.48. The number of nitrogen functional groups attached to an aromatic ring is 1. The maximum Gasteiger partial charge on any atom is 0.267 e. The van der Waals surface area contributed by atoms with Crippen LogP contribution in [0, 0.1) is 11.8 Å². The minimum Gasteiger partial charge on any atom is -0.396 e. The van der Waals surface area contributed by atoms with Gasteiger partial charge in [0.25, 0.3) is 5.91 Å². The number of hydrogen-bond donors (Lipinski definition) is 3. The van der Waals surface area contributed by atoms with Gasteiger partial charge in [-0.2, -0.15) is 0 Å². The van der Waals surface area contributed by atoms with E-state index in [0.717, 1.165) is 6.42 Å². The summed E-state index contributed by atoms with van der Waals surface area (Å²) in [6.07, 6.45) is 2.30. The molecule has 1 aliphatic rings. The number of nitrogens with two attached hydrogens (primary N) is 2. The molecule has 1 heterocycles. The molecule has 0 spiro atoms. The molecule has 2 rings (SSSR count). The fraction of sp³-hybridized carbons (Fsp3) is 0.538. The van der Waals surface area contributed by atoms with Crippen LogP contribution in [0.4, 0.5) is 11.5 Å². The first-order chi connectivity index (χ1) is 8.49. The van der Waals surface area contributed by atoms with Crippen LogP contribution in [0.25, 0.3) is 0 Å². The van der Waals surface area contributed by atoms with E-state index in [0.29, 0.717) is 29.4 Å². The fourth-order valence-electron chi connectivity index (χ4n) is 2.47. The van der Waals surface area contributed by atoms with Crippen molar-refractivity contribution in [1.82, 2.24) is 4.98 Å². The number of carbonyl (C=O) groups excluding carboxylic acids is 1. The van der Waals surface area contributed by atoms with E-state index < -0.39 is 5.91 Å². The number of hydrogen-bond acceptors (Lipinski definition) is 4. The minimum atomic E-state index is -0.536. The van der Waals surface area contributed by atoms with Crippen molar-refractivity contribution in [1.29, 1.82) is 0 Å². The maximum absolute atomic E-state index is 11.1. The van der Waals surface area contributed by atoms with Gasteiger partial charge < -0.3 is 16.8 Å². The van der Waals surface area contributed by atoms with Crippen molar-refractivity contribution >= 4 is 17.4 Å². The van der Waals surface area contributed by atoms with E-state index in [1.165, 1.54) is 6.42 Å². The highest BCUT2D eigenvalue weighted by Gasteiger charge is 2.30. The number of pyridine rings is 1. The van der Waals surface area contributed by atoms with Gasteiger partial charge in [0, 0.05) is 6.04 Å². The molecule has 5 nitrogen and oxygen atoms in total. The van der Waals surface area contributed by atoms with Crippen molar-refractivity contribution in [2.75, 3.05) is 11.1 Å². The molecule has 3 unspecified atom stereocenters. The maximum atomic E-state index is 11.1. The molecule has 0 radical (unpaired) electrons. The second-order valence-corrected chi connectivity index (χ2v) is 5.16. The lowest BCUT2D eigenvalue weighted by Gasteiger charge is -2.21. The molecule has 98 valence electrons. The van der Waals surface area contributed by atoms with Crippen LogP contribution in [0.3, 0.4) is 0 Å². The van der Waals surface area contributed by atoms with Gasteiger partial charge in [0.15, 0.2) is 0 Å². The van der Waals surface area contributed by atoms with Crippen molar-refractivity contribution in [2.24, 2.45) is 17.6 Å². The first kappa shape index (κ1) is 12.7. The third kappa shape index (κ3) is 2.39. The van der Waals surface area contributed by atoms with Gasteiger partial charge in [-0.05, 0) is 36.8 Å². The number of rotatable bonds is 3. The molecule has 1 fully saturated rings. The first-order valence-corrected chi connectivity index (χ1v) is 6.32. The highest BCUT2D eigenvalue weighted by Crippen LogP contribution is 2.33. The molecule has 1 aliphatic carbocycles. The Kier molecular flexibility index (Phi) is 3.41. The SMILES string of the molecule is CC1CCC(Nc2nc(C(N)=O)ccc2N)C1C. The van der Waals surface area contributed by atoms with Gasteiger partial charge in [0.2, 0.25) is 0 Å². The van der Waals surface area contributed by atoms with E-state index >= 15 is 0 Å². The third-order valence-corrected chi connectivity index (χ3v) is 3.97. The fourth-order valence-corrected chi connectivity index (χ4v) is 2.47. The van der Waals surface area contributed by atoms with Crippen LogP contribution in [0.1, 0.15) is 37.2 Å². The third-order valence-electron chi connectivity index (χ3n) is 3.97. The molecular formula is C13H20N4O. The highest BCUT2D eigenvalue weighted by atomic mass is 16.1. The summed E-state index contributed by atoms with van der Waals surface area (Å²) in [4.78, 5) is 15.3. The van der Waals surface area contributed by atoms with E-state index in [1.807, 2.05) is 0 Å². The predicted molar refractivity (Wildman–Crippen MR) is 72.1 cm³/mol. The molecule has 3 atom stereocenters. The molecule has 0 aromatic carbocycles. The average molecular weight is 248 g/mol. The predicted octanol–water partition coefficient (Wildman–Crippen LogP) is 1.61. The molecule has 5 heteroatoms. The molecule has 0 aliphatic heterocycles.